The lowest BCUT2D eigenvalue weighted by atomic mass is 10.2. The number of hydrogen-bond acceptors (Lipinski definition) is 3. The number of nitrogens with one attached hydrogen (secondary N) is 1. The third-order valence-corrected chi connectivity index (χ3v) is 2.37. The van der Waals surface area contributed by atoms with Gasteiger partial charge in [-0.15, -0.1) is 0 Å². The quantitative estimate of drug-likeness (QED) is 0.586. The van der Waals surface area contributed by atoms with E-state index in [2.05, 4.69) is 5.32 Å². The van der Waals surface area contributed by atoms with E-state index in [0.717, 1.165) is 5.56 Å². The van der Waals surface area contributed by atoms with Gasteiger partial charge >= 0.3 is 0 Å². The molecule has 0 aliphatic rings. The third-order valence-electron chi connectivity index (χ3n) is 2.37. The van der Waals surface area contributed by atoms with Crippen LogP contribution in [-0.4, -0.2) is 19.6 Å². The van der Waals surface area contributed by atoms with Gasteiger partial charge in [0.2, 0.25) is 5.91 Å². The summed E-state index contributed by atoms with van der Waals surface area (Å²) in [5.74, 6) is 0.720. The fraction of sp³-hybridized carbons (Fsp3) is 0.417. The second kappa shape index (κ2) is 6.00. The molecule has 4 nitrogen and oxygen atoms in total. The zero-order chi connectivity index (χ0) is 12.0. The minimum atomic E-state index is 0.0285. The van der Waals surface area contributed by atoms with Crippen LogP contribution in [0.4, 0.5) is 5.69 Å². The Morgan fingerprint density at radius 2 is 2.25 bits per heavy atom. The number of benzene rings is 1. The van der Waals surface area contributed by atoms with Crippen LogP contribution < -0.4 is 15.8 Å². The molecule has 4 heteroatoms. The molecule has 0 aliphatic heterocycles. The van der Waals surface area contributed by atoms with Crippen LogP contribution in [0.2, 0.25) is 0 Å². The molecule has 1 amide bonds. The van der Waals surface area contributed by atoms with Gasteiger partial charge in [0.15, 0.2) is 0 Å². The summed E-state index contributed by atoms with van der Waals surface area (Å²) in [7, 11) is 1.63. The van der Waals surface area contributed by atoms with E-state index in [-0.39, 0.29) is 5.91 Å². The number of ether oxygens (including phenoxy) is 1. The highest BCUT2D eigenvalue weighted by atomic mass is 16.5. The molecule has 0 heterocycles. The number of carbonyl (C=O) groups excluding carboxylic acids is 1. The number of anilines is 1. The van der Waals surface area contributed by atoms with Gasteiger partial charge in [-0.25, -0.2) is 0 Å². The largest absolute Gasteiger partial charge is 0.491 e. The first kappa shape index (κ1) is 12.4. The monoisotopic (exact) mass is 222 g/mol. The SMILES string of the molecule is CNC(=O)CCCOc1cccc(C)c1N. The maximum atomic E-state index is 11.0. The van der Waals surface area contributed by atoms with Gasteiger partial charge in [0.05, 0.1) is 12.3 Å². The normalized spacial score (nSPS) is 9.88. The van der Waals surface area contributed by atoms with E-state index in [0.29, 0.717) is 30.9 Å². The first-order valence-electron chi connectivity index (χ1n) is 5.33. The van der Waals surface area contributed by atoms with Crippen molar-refractivity contribution in [2.24, 2.45) is 0 Å². The Bertz CT molecular complexity index is 364. The highest BCUT2D eigenvalue weighted by molar-refractivity contribution is 5.75. The van der Waals surface area contributed by atoms with Gasteiger partial charge in [-0.2, -0.15) is 0 Å². The lowest BCUT2D eigenvalue weighted by molar-refractivity contribution is -0.120. The van der Waals surface area contributed by atoms with E-state index in [1.165, 1.54) is 0 Å². The second-order valence-corrected chi connectivity index (χ2v) is 3.61. The number of amides is 1. The zero-order valence-electron chi connectivity index (χ0n) is 9.75. The summed E-state index contributed by atoms with van der Waals surface area (Å²) in [6, 6.07) is 5.68. The molecule has 0 atom stereocenters. The minimum absolute atomic E-state index is 0.0285. The summed E-state index contributed by atoms with van der Waals surface area (Å²) in [4.78, 5) is 11.0. The van der Waals surface area contributed by atoms with Gasteiger partial charge in [-0.05, 0) is 25.0 Å². The fourth-order valence-corrected chi connectivity index (χ4v) is 1.32. The van der Waals surface area contributed by atoms with E-state index in [1.807, 2.05) is 25.1 Å². The van der Waals surface area contributed by atoms with Crippen molar-refractivity contribution in [1.29, 1.82) is 0 Å². The Kier molecular flexibility index (Phi) is 4.64. The summed E-state index contributed by atoms with van der Waals surface area (Å²) in [6.07, 6.45) is 1.16. The van der Waals surface area contributed by atoms with E-state index >= 15 is 0 Å². The van der Waals surface area contributed by atoms with Crippen molar-refractivity contribution < 1.29 is 9.53 Å². The Morgan fingerprint density at radius 3 is 2.94 bits per heavy atom. The predicted octanol–water partition coefficient (Wildman–Crippen LogP) is 1.48. The molecular formula is C12H18N2O2. The average Bonchev–Trinajstić information content (AvgIpc) is 2.29. The number of hydrogen-bond donors (Lipinski definition) is 2. The smallest absolute Gasteiger partial charge is 0.219 e. The van der Waals surface area contributed by atoms with E-state index < -0.39 is 0 Å². The first-order valence-corrected chi connectivity index (χ1v) is 5.33. The van der Waals surface area contributed by atoms with Gasteiger partial charge in [0.25, 0.3) is 0 Å². The van der Waals surface area contributed by atoms with Crippen molar-refractivity contribution in [2.45, 2.75) is 19.8 Å². The van der Waals surface area contributed by atoms with E-state index in [4.69, 9.17) is 10.5 Å². The first-order chi connectivity index (χ1) is 7.65. The number of rotatable bonds is 5. The molecule has 1 aromatic carbocycles. The van der Waals surface area contributed by atoms with Crippen LogP contribution in [0.15, 0.2) is 18.2 Å². The maximum absolute atomic E-state index is 11.0. The van der Waals surface area contributed by atoms with Gasteiger partial charge in [0.1, 0.15) is 5.75 Å². The van der Waals surface area contributed by atoms with Crippen LogP contribution in [0.3, 0.4) is 0 Å². The number of nitrogen functional groups attached to an aromatic ring is 1. The molecule has 0 saturated carbocycles. The van der Waals surface area contributed by atoms with Crippen LogP contribution >= 0.6 is 0 Å². The molecule has 0 bridgehead atoms. The van der Waals surface area contributed by atoms with Gasteiger partial charge in [-0.1, -0.05) is 12.1 Å². The predicted molar refractivity (Wildman–Crippen MR) is 64.4 cm³/mol. The number of aryl methyl sites for hydroxylation is 1. The van der Waals surface area contributed by atoms with Gasteiger partial charge < -0.3 is 15.8 Å². The number of carbonyl (C=O) groups is 1. The summed E-state index contributed by atoms with van der Waals surface area (Å²) < 4.78 is 5.51. The summed E-state index contributed by atoms with van der Waals surface area (Å²) in [5, 5.41) is 2.56. The molecule has 1 rings (SSSR count). The molecule has 3 N–H and O–H groups in total. The van der Waals surface area contributed by atoms with Crippen molar-refractivity contribution in [3.63, 3.8) is 0 Å². The van der Waals surface area contributed by atoms with Gasteiger partial charge in [0, 0.05) is 13.5 Å². The minimum Gasteiger partial charge on any atom is -0.491 e. The van der Waals surface area contributed by atoms with Crippen molar-refractivity contribution in [3.05, 3.63) is 23.8 Å². The van der Waals surface area contributed by atoms with Crippen molar-refractivity contribution in [2.75, 3.05) is 19.4 Å². The molecule has 0 aromatic heterocycles. The van der Waals surface area contributed by atoms with Crippen molar-refractivity contribution in [1.82, 2.24) is 5.32 Å². The molecular weight excluding hydrogens is 204 g/mol. The second-order valence-electron chi connectivity index (χ2n) is 3.61. The lowest BCUT2D eigenvalue weighted by Gasteiger charge is -2.10. The molecule has 1 aromatic rings. The topological polar surface area (TPSA) is 64.3 Å². The Balaban J connectivity index is 2.38. The summed E-state index contributed by atoms with van der Waals surface area (Å²) in [5.41, 5.74) is 7.52. The Hall–Kier alpha value is -1.71. The Labute approximate surface area is 95.8 Å². The highest BCUT2D eigenvalue weighted by Gasteiger charge is 2.03. The molecule has 0 spiro atoms. The summed E-state index contributed by atoms with van der Waals surface area (Å²) >= 11 is 0. The Morgan fingerprint density at radius 1 is 1.50 bits per heavy atom. The lowest BCUT2D eigenvalue weighted by Crippen LogP contribution is -2.18. The van der Waals surface area contributed by atoms with Gasteiger partial charge in [-0.3, -0.25) is 4.79 Å². The standard InChI is InChI=1S/C12H18N2O2/c1-9-5-3-6-10(12(9)13)16-8-4-7-11(15)14-2/h3,5-6H,4,7-8,13H2,1-2H3,(H,14,15). The van der Waals surface area contributed by atoms with E-state index in [1.54, 1.807) is 7.05 Å². The van der Waals surface area contributed by atoms with E-state index in [9.17, 15) is 4.79 Å². The fourth-order valence-electron chi connectivity index (χ4n) is 1.32. The van der Waals surface area contributed by atoms with Crippen molar-refractivity contribution in [3.8, 4) is 5.75 Å². The number of nitrogens with two attached hydrogens (primary N) is 1. The average molecular weight is 222 g/mol. The molecule has 16 heavy (non-hydrogen) atoms. The molecule has 0 saturated heterocycles. The molecule has 0 radical (unpaired) electrons. The maximum Gasteiger partial charge on any atom is 0.219 e. The van der Waals surface area contributed by atoms with Crippen LogP contribution in [-0.2, 0) is 4.79 Å². The molecule has 0 aliphatic carbocycles. The third kappa shape index (κ3) is 3.46. The summed E-state index contributed by atoms with van der Waals surface area (Å²) in [6.45, 7) is 2.44. The van der Waals surface area contributed by atoms with Crippen LogP contribution in [0.25, 0.3) is 0 Å². The molecule has 88 valence electrons. The molecule has 0 unspecified atom stereocenters. The van der Waals surface area contributed by atoms with Crippen LogP contribution in [0, 0.1) is 6.92 Å². The number of para-hydroxylation sites is 1. The molecule has 0 fully saturated rings. The van der Waals surface area contributed by atoms with Crippen LogP contribution in [0.5, 0.6) is 5.75 Å². The zero-order valence-corrected chi connectivity index (χ0v) is 9.75. The highest BCUT2D eigenvalue weighted by Crippen LogP contribution is 2.24. The van der Waals surface area contributed by atoms with Crippen molar-refractivity contribution >= 4 is 11.6 Å². The van der Waals surface area contributed by atoms with Crippen LogP contribution in [0.1, 0.15) is 18.4 Å².